The molecule has 4 heterocycles. The van der Waals surface area contributed by atoms with Crippen molar-refractivity contribution in [2.45, 2.75) is 61.1 Å². The summed E-state index contributed by atoms with van der Waals surface area (Å²) in [5, 5.41) is 5.70. The molecular formula is C31H36Cl2N6O6S2. The molecule has 12 nitrogen and oxygen atoms in total. The van der Waals surface area contributed by atoms with E-state index in [9.17, 15) is 21.6 Å². The van der Waals surface area contributed by atoms with Gasteiger partial charge in [0.15, 0.2) is 0 Å². The van der Waals surface area contributed by atoms with Crippen LogP contribution in [-0.4, -0.2) is 85.4 Å². The average molecular weight is 724 g/mol. The van der Waals surface area contributed by atoms with Crippen LogP contribution in [0.1, 0.15) is 33.6 Å². The molecule has 3 N–H and O–H groups in total. The molecule has 2 aliphatic rings. The summed E-state index contributed by atoms with van der Waals surface area (Å²) in [7, 11) is -7.34. The Morgan fingerprint density at radius 2 is 1.32 bits per heavy atom. The number of amides is 1. The first-order valence-electron chi connectivity index (χ1n) is 14.9. The van der Waals surface area contributed by atoms with E-state index in [4.69, 9.17) is 33.7 Å². The fourth-order valence-corrected chi connectivity index (χ4v) is 9.67. The zero-order chi connectivity index (χ0) is 34.1. The van der Waals surface area contributed by atoms with Crippen molar-refractivity contribution in [3.8, 4) is 0 Å². The molecular weight excluding hydrogens is 687 g/mol. The van der Waals surface area contributed by atoms with Crippen molar-refractivity contribution in [2.75, 3.05) is 26.2 Å². The van der Waals surface area contributed by atoms with Gasteiger partial charge < -0.3 is 15.8 Å². The lowest BCUT2D eigenvalue weighted by Gasteiger charge is -2.22. The highest BCUT2D eigenvalue weighted by atomic mass is 35.5. The number of nitrogens with two attached hydrogens (primary N) is 1. The molecule has 0 bridgehead atoms. The highest BCUT2D eigenvalue weighted by Gasteiger charge is 2.35. The Kier molecular flexibility index (Phi) is 10.3. The summed E-state index contributed by atoms with van der Waals surface area (Å²) < 4.78 is 59.8. The van der Waals surface area contributed by atoms with E-state index < -0.39 is 31.7 Å². The number of alkyl carbamates (subject to hydrolysis) is 1. The number of ether oxygens (including phenoxy) is 1. The smallest absolute Gasteiger partial charge is 0.407 e. The topological polar surface area (TPSA) is 165 Å². The van der Waals surface area contributed by atoms with E-state index in [-0.39, 0.29) is 33.4 Å². The highest BCUT2D eigenvalue weighted by molar-refractivity contribution is 7.89. The number of halogens is 2. The minimum absolute atomic E-state index is 0.100. The van der Waals surface area contributed by atoms with Crippen molar-refractivity contribution in [1.29, 1.82) is 0 Å². The normalized spacial score (nSPS) is 19.4. The molecule has 2 fully saturated rings. The standard InChI is InChI=1S/C18H22ClN3O4S.C13H14ClN3O2S/c1-18(2,3)26-17(23)21-13-7-8-22(11-13)27(24,25)15-6-4-5-12-9-20-10-14(19)16(12)15;14-11-7-16-6-9-2-1-3-12(13(9)11)20(18,19)17-5-4-10(15)8-17/h4-6,9-10,13H,7-8,11H2,1-3H3,(H,21,23);1-3,6-7,10H,4-5,8,15H2/t13-;10-/m00/s1. The molecule has 252 valence electrons. The van der Waals surface area contributed by atoms with Gasteiger partial charge in [-0.3, -0.25) is 9.97 Å². The molecule has 0 unspecified atom stereocenters. The van der Waals surface area contributed by atoms with Crippen LogP contribution in [0.4, 0.5) is 4.79 Å². The Morgan fingerprint density at radius 3 is 1.79 bits per heavy atom. The predicted octanol–water partition coefficient (Wildman–Crippen LogP) is 4.79. The molecule has 4 aromatic rings. The van der Waals surface area contributed by atoms with Gasteiger partial charge in [0.2, 0.25) is 20.0 Å². The average Bonchev–Trinajstić information content (AvgIpc) is 3.66. The molecule has 47 heavy (non-hydrogen) atoms. The minimum Gasteiger partial charge on any atom is -0.444 e. The van der Waals surface area contributed by atoms with Crippen molar-refractivity contribution in [2.24, 2.45) is 5.73 Å². The zero-order valence-corrected chi connectivity index (χ0v) is 29.2. The van der Waals surface area contributed by atoms with Crippen LogP contribution in [0.25, 0.3) is 21.5 Å². The van der Waals surface area contributed by atoms with Crippen LogP contribution in [0.15, 0.2) is 71.0 Å². The lowest BCUT2D eigenvalue weighted by atomic mass is 10.2. The fourth-order valence-electron chi connectivity index (χ4n) is 5.54. The van der Waals surface area contributed by atoms with E-state index in [2.05, 4.69) is 15.3 Å². The van der Waals surface area contributed by atoms with Gasteiger partial charge in [0.25, 0.3) is 0 Å². The summed E-state index contributed by atoms with van der Waals surface area (Å²) in [6.45, 7) is 6.61. The molecule has 6 rings (SSSR count). The first-order chi connectivity index (χ1) is 22.1. The fraction of sp³-hybridized carbons (Fsp3) is 0.387. The van der Waals surface area contributed by atoms with Crippen LogP contribution in [-0.2, 0) is 24.8 Å². The summed E-state index contributed by atoms with van der Waals surface area (Å²) in [6, 6.07) is 9.64. The lowest BCUT2D eigenvalue weighted by Crippen LogP contribution is -2.41. The predicted molar refractivity (Wildman–Crippen MR) is 181 cm³/mol. The second-order valence-electron chi connectivity index (χ2n) is 12.4. The quantitative estimate of drug-likeness (QED) is 0.295. The molecule has 2 aliphatic heterocycles. The Balaban J connectivity index is 0.000000193. The summed E-state index contributed by atoms with van der Waals surface area (Å²) in [5.74, 6) is 0. The van der Waals surface area contributed by atoms with E-state index in [1.54, 1.807) is 63.5 Å². The Hall–Kier alpha value is -3.11. The number of hydrogen-bond donors (Lipinski definition) is 2. The largest absolute Gasteiger partial charge is 0.444 e. The number of aromatic nitrogens is 2. The molecule has 16 heteroatoms. The summed E-state index contributed by atoms with van der Waals surface area (Å²) in [5.41, 5.74) is 5.19. The Morgan fingerprint density at radius 1 is 0.830 bits per heavy atom. The van der Waals surface area contributed by atoms with E-state index in [1.807, 2.05) is 0 Å². The van der Waals surface area contributed by atoms with Gasteiger partial charge in [-0.15, -0.1) is 0 Å². The second-order valence-corrected chi connectivity index (χ2v) is 17.0. The summed E-state index contributed by atoms with van der Waals surface area (Å²) in [6.07, 6.45) is 6.72. The second kappa shape index (κ2) is 13.8. The number of fused-ring (bicyclic) bond motifs is 2. The molecule has 2 saturated heterocycles. The van der Waals surface area contributed by atoms with Gasteiger partial charge in [-0.2, -0.15) is 8.61 Å². The maximum atomic E-state index is 13.2. The minimum atomic E-state index is -3.76. The number of nitrogens with zero attached hydrogens (tertiary/aromatic N) is 4. The van der Waals surface area contributed by atoms with Crippen LogP contribution in [0.5, 0.6) is 0 Å². The van der Waals surface area contributed by atoms with Gasteiger partial charge in [0.1, 0.15) is 5.60 Å². The number of carbonyl (C=O) groups excluding carboxylic acids is 1. The van der Waals surface area contributed by atoms with E-state index in [0.717, 1.165) is 0 Å². The Bertz CT molecular complexity index is 2010. The first-order valence-corrected chi connectivity index (χ1v) is 18.5. The molecule has 2 atom stereocenters. The van der Waals surface area contributed by atoms with Crippen LogP contribution in [0.2, 0.25) is 10.0 Å². The van der Waals surface area contributed by atoms with Gasteiger partial charge in [-0.05, 0) is 45.7 Å². The number of sulfonamides is 2. The van der Waals surface area contributed by atoms with E-state index in [1.165, 1.54) is 27.1 Å². The Labute approximate surface area is 284 Å². The maximum absolute atomic E-state index is 13.2. The number of benzene rings is 2. The van der Waals surface area contributed by atoms with Crippen molar-refractivity contribution in [1.82, 2.24) is 23.9 Å². The van der Waals surface area contributed by atoms with Gasteiger partial charge >= 0.3 is 6.09 Å². The number of nitrogens with one attached hydrogen (secondary N) is 1. The zero-order valence-electron chi connectivity index (χ0n) is 26.1. The molecule has 0 aliphatic carbocycles. The highest BCUT2D eigenvalue weighted by Crippen LogP contribution is 2.33. The van der Waals surface area contributed by atoms with E-state index in [0.29, 0.717) is 59.0 Å². The number of rotatable bonds is 5. The lowest BCUT2D eigenvalue weighted by molar-refractivity contribution is 0.0507. The SMILES string of the molecule is CC(C)(C)OC(=O)N[C@H]1CCN(S(=O)(=O)c2cccc3cncc(Cl)c23)C1.N[C@H]1CCN(S(=O)(=O)c2cccc3cncc(Cl)c23)C1. The third-order valence-electron chi connectivity index (χ3n) is 7.69. The van der Waals surface area contributed by atoms with Crippen LogP contribution < -0.4 is 11.1 Å². The molecule has 2 aromatic heterocycles. The van der Waals surface area contributed by atoms with Gasteiger partial charge in [-0.1, -0.05) is 47.5 Å². The van der Waals surface area contributed by atoms with Crippen LogP contribution in [0.3, 0.4) is 0 Å². The van der Waals surface area contributed by atoms with Crippen molar-refractivity contribution in [3.05, 3.63) is 71.2 Å². The molecule has 0 saturated carbocycles. The van der Waals surface area contributed by atoms with E-state index >= 15 is 0 Å². The van der Waals surface area contributed by atoms with Crippen LogP contribution in [0, 0.1) is 0 Å². The summed E-state index contributed by atoms with van der Waals surface area (Å²) in [4.78, 5) is 20.3. The van der Waals surface area contributed by atoms with Crippen molar-refractivity contribution in [3.63, 3.8) is 0 Å². The number of hydrogen-bond acceptors (Lipinski definition) is 9. The number of carbonyl (C=O) groups is 1. The molecule has 0 radical (unpaired) electrons. The van der Waals surface area contributed by atoms with Crippen LogP contribution >= 0.6 is 23.2 Å². The summed E-state index contributed by atoms with van der Waals surface area (Å²) >= 11 is 12.3. The molecule has 0 spiro atoms. The van der Waals surface area contributed by atoms with Gasteiger partial charge in [0.05, 0.1) is 19.8 Å². The first kappa shape index (κ1) is 35.2. The van der Waals surface area contributed by atoms with Crippen molar-refractivity contribution >= 4 is 70.9 Å². The number of pyridine rings is 2. The molecule has 2 aromatic carbocycles. The third-order valence-corrected chi connectivity index (χ3v) is 12.1. The van der Waals surface area contributed by atoms with Gasteiger partial charge in [0, 0.05) is 84.6 Å². The monoisotopic (exact) mass is 722 g/mol. The van der Waals surface area contributed by atoms with Gasteiger partial charge in [-0.25, -0.2) is 21.6 Å². The molecule has 1 amide bonds. The maximum Gasteiger partial charge on any atom is 0.407 e. The van der Waals surface area contributed by atoms with Crippen molar-refractivity contribution < 1.29 is 26.4 Å². The third kappa shape index (κ3) is 7.80.